The van der Waals surface area contributed by atoms with Crippen LogP contribution in [-0.2, 0) is 25.8 Å². The highest BCUT2D eigenvalue weighted by Crippen LogP contribution is 2.39. The Morgan fingerprint density at radius 1 is 1.24 bits per heavy atom. The van der Waals surface area contributed by atoms with E-state index >= 15 is 0 Å². The molecule has 2 unspecified atom stereocenters. The number of benzene rings is 1. The standard InChI is InChI=1S/C31H37F2N5O5S2/c1-18(43-16-20-4-5-20)25(13-22-12-21-6-9-35-28(34)24(21)14-26(22)42-3)38-10-7-23(29(38)39)19(2)45(40,41)27-15-36-30(44-27)37-11-8-31(32,33)17-37/h6,9,12,14-15,19-20,23,25H,1,4-5,7-8,10-11,13,16-17H2,2-3H3,(H2,34,35)/t19?,23?,25-/m1/s1. The van der Waals surface area contributed by atoms with E-state index in [2.05, 4.69) is 16.5 Å². The fourth-order valence-corrected chi connectivity index (χ4v) is 9.20. The van der Waals surface area contributed by atoms with Crippen molar-refractivity contribution in [3.63, 3.8) is 0 Å². The van der Waals surface area contributed by atoms with E-state index in [1.54, 1.807) is 18.2 Å². The fourth-order valence-electron chi connectivity index (χ4n) is 6.13. The summed E-state index contributed by atoms with van der Waals surface area (Å²) in [5.74, 6) is -2.07. The number of aromatic nitrogens is 2. The number of carbonyl (C=O) groups excluding carboxylic acids is 1. The molecule has 2 N–H and O–H groups in total. The minimum absolute atomic E-state index is 0.0325. The Balaban J connectivity index is 1.24. The van der Waals surface area contributed by atoms with Crippen LogP contribution in [-0.4, -0.2) is 79.8 Å². The van der Waals surface area contributed by atoms with Crippen molar-refractivity contribution in [3.05, 3.63) is 48.5 Å². The zero-order valence-electron chi connectivity index (χ0n) is 25.2. The van der Waals surface area contributed by atoms with E-state index < -0.39 is 39.5 Å². The maximum Gasteiger partial charge on any atom is 0.267 e. The molecule has 3 aliphatic rings. The molecule has 242 valence electrons. The lowest BCUT2D eigenvalue weighted by Gasteiger charge is -2.31. The van der Waals surface area contributed by atoms with Crippen molar-refractivity contribution in [2.45, 2.75) is 60.5 Å². The molecule has 3 aromatic rings. The molecule has 0 spiro atoms. The quantitative estimate of drug-likeness (QED) is 0.275. The minimum Gasteiger partial charge on any atom is -0.496 e. The van der Waals surface area contributed by atoms with Crippen LogP contribution in [0.5, 0.6) is 5.75 Å². The zero-order chi connectivity index (χ0) is 32.1. The van der Waals surface area contributed by atoms with E-state index in [0.717, 1.165) is 40.5 Å². The Morgan fingerprint density at radius 2 is 2.02 bits per heavy atom. The molecule has 2 aromatic heterocycles. The Bertz CT molecular complexity index is 1730. The van der Waals surface area contributed by atoms with E-state index in [9.17, 15) is 22.0 Å². The topological polar surface area (TPSA) is 128 Å². The SMILES string of the molecule is C=C(OCC1CC1)[C@@H](Cc1cc2ccnc(N)c2cc1OC)N1CCC(C(C)S(=O)(=O)c2cnc(N3CCC(F)(F)C3)s2)C1=O. The number of alkyl halides is 2. The summed E-state index contributed by atoms with van der Waals surface area (Å²) in [6.07, 6.45) is 5.38. The normalized spacial score (nSPS) is 21.3. The van der Waals surface area contributed by atoms with Gasteiger partial charge in [-0.3, -0.25) is 4.79 Å². The summed E-state index contributed by atoms with van der Waals surface area (Å²) in [7, 11) is -2.41. The molecular weight excluding hydrogens is 625 g/mol. The lowest BCUT2D eigenvalue weighted by atomic mass is 9.98. The van der Waals surface area contributed by atoms with Gasteiger partial charge in [0.2, 0.25) is 5.91 Å². The van der Waals surface area contributed by atoms with E-state index in [0.29, 0.717) is 49.2 Å². The molecule has 6 rings (SSSR count). The molecule has 0 radical (unpaired) electrons. The number of hydrogen-bond donors (Lipinski definition) is 1. The van der Waals surface area contributed by atoms with Crippen molar-refractivity contribution in [1.82, 2.24) is 14.9 Å². The number of rotatable bonds is 12. The maximum absolute atomic E-state index is 14.0. The largest absolute Gasteiger partial charge is 0.496 e. The van der Waals surface area contributed by atoms with Gasteiger partial charge < -0.3 is 25.0 Å². The number of amides is 1. The molecule has 3 atom stereocenters. The summed E-state index contributed by atoms with van der Waals surface area (Å²) in [4.78, 5) is 25.4. The predicted molar refractivity (Wildman–Crippen MR) is 168 cm³/mol. The van der Waals surface area contributed by atoms with Crippen LogP contribution in [0.15, 0.2) is 47.1 Å². The molecule has 14 heteroatoms. The highest BCUT2D eigenvalue weighted by atomic mass is 32.2. The highest BCUT2D eigenvalue weighted by molar-refractivity contribution is 7.94. The van der Waals surface area contributed by atoms with E-state index in [1.165, 1.54) is 18.0 Å². The summed E-state index contributed by atoms with van der Waals surface area (Å²) in [6, 6.07) is 5.07. The van der Waals surface area contributed by atoms with Crippen molar-refractivity contribution in [3.8, 4) is 5.75 Å². The first-order valence-corrected chi connectivity index (χ1v) is 17.4. The lowest BCUT2D eigenvalue weighted by Crippen LogP contribution is -2.43. The lowest BCUT2D eigenvalue weighted by molar-refractivity contribution is -0.133. The van der Waals surface area contributed by atoms with Crippen molar-refractivity contribution >= 4 is 48.8 Å². The number of nitrogen functional groups attached to an aromatic ring is 1. The average Bonchev–Trinajstić information content (AvgIpc) is 3.36. The molecule has 0 bridgehead atoms. The number of nitrogens with two attached hydrogens (primary N) is 1. The molecule has 1 amide bonds. The number of methoxy groups -OCH3 is 1. The number of likely N-dealkylation sites (tertiary alicyclic amines) is 1. The van der Waals surface area contributed by atoms with Crippen molar-refractivity contribution in [2.24, 2.45) is 11.8 Å². The minimum atomic E-state index is -3.97. The van der Waals surface area contributed by atoms with Gasteiger partial charge in [0, 0.05) is 37.5 Å². The molecule has 2 saturated heterocycles. The van der Waals surface area contributed by atoms with Crippen LogP contribution >= 0.6 is 11.3 Å². The zero-order valence-corrected chi connectivity index (χ0v) is 26.9. The molecule has 4 heterocycles. The molecule has 1 aromatic carbocycles. The first kappa shape index (κ1) is 31.5. The molecule has 10 nitrogen and oxygen atoms in total. The number of anilines is 2. The van der Waals surface area contributed by atoms with Crippen LogP contribution in [0.25, 0.3) is 10.8 Å². The number of sulfone groups is 1. The highest BCUT2D eigenvalue weighted by Gasteiger charge is 2.46. The number of hydrogen-bond acceptors (Lipinski definition) is 10. The average molecular weight is 662 g/mol. The molecule has 1 saturated carbocycles. The second-order valence-corrected chi connectivity index (χ2v) is 15.7. The van der Waals surface area contributed by atoms with Gasteiger partial charge in [-0.15, -0.1) is 0 Å². The third kappa shape index (κ3) is 6.31. The van der Waals surface area contributed by atoms with Gasteiger partial charge in [-0.05, 0) is 61.3 Å². The summed E-state index contributed by atoms with van der Waals surface area (Å²) in [5.41, 5.74) is 6.91. The molecule has 2 aliphatic heterocycles. The van der Waals surface area contributed by atoms with Crippen LogP contribution in [0, 0.1) is 11.8 Å². The van der Waals surface area contributed by atoms with Gasteiger partial charge in [0.25, 0.3) is 5.92 Å². The molecular formula is C31H37F2N5O5S2. The van der Waals surface area contributed by atoms with Crippen LogP contribution in [0.4, 0.5) is 19.7 Å². The van der Waals surface area contributed by atoms with Crippen molar-refractivity contribution in [2.75, 3.05) is 44.0 Å². The first-order valence-electron chi connectivity index (χ1n) is 15.0. The van der Waals surface area contributed by atoms with Gasteiger partial charge in [0.15, 0.2) is 15.0 Å². The monoisotopic (exact) mass is 661 g/mol. The molecule has 3 fully saturated rings. The predicted octanol–water partition coefficient (Wildman–Crippen LogP) is 4.69. The summed E-state index contributed by atoms with van der Waals surface area (Å²) in [6.45, 7) is 6.18. The fraction of sp³-hybridized carbons (Fsp3) is 0.516. The number of thiazole rings is 1. The Hall–Kier alpha value is -3.52. The third-order valence-electron chi connectivity index (χ3n) is 9.09. The van der Waals surface area contributed by atoms with Crippen LogP contribution in [0.2, 0.25) is 0 Å². The van der Waals surface area contributed by atoms with Gasteiger partial charge in [-0.1, -0.05) is 17.9 Å². The van der Waals surface area contributed by atoms with Gasteiger partial charge in [0.1, 0.15) is 21.5 Å². The third-order valence-corrected chi connectivity index (χ3v) is 12.9. The second kappa shape index (κ2) is 12.0. The summed E-state index contributed by atoms with van der Waals surface area (Å²) < 4.78 is 66.7. The smallest absolute Gasteiger partial charge is 0.267 e. The van der Waals surface area contributed by atoms with E-state index in [-0.39, 0.29) is 28.2 Å². The van der Waals surface area contributed by atoms with Gasteiger partial charge in [-0.2, -0.15) is 0 Å². The number of carbonyl (C=O) groups is 1. The summed E-state index contributed by atoms with van der Waals surface area (Å²) in [5, 5.41) is 0.812. The van der Waals surface area contributed by atoms with Gasteiger partial charge >= 0.3 is 0 Å². The number of fused-ring (bicyclic) bond motifs is 1. The molecule has 1 aliphatic carbocycles. The van der Waals surface area contributed by atoms with Crippen LogP contribution in [0.3, 0.4) is 0 Å². The maximum atomic E-state index is 14.0. The second-order valence-electron chi connectivity index (χ2n) is 12.2. The van der Waals surface area contributed by atoms with Crippen molar-refractivity contribution in [1.29, 1.82) is 0 Å². The van der Waals surface area contributed by atoms with Crippen LogP contribution in [0.1, 0.15) is 38.2 Å². The summed E-state index contributed by atoms with van der Waals surface area (Å²) >= 11 is 0.868. The van der Waals surface area contributed by atoms with Gasteiger partial charge in [-0.25, -0.2) is 27.2 Å². The number of halogens is 2. The number of pyridine rings is 1. The number of ether oxygens (including phenoxy) is 2. The van der Waals surface area contributed by atoms with Crippen LogP contribution < -0.4 is 15.4 Å². The molecule has 45 heavy (non-hydrogen) atoms. The Morgan fingerprint density at radius 3 is 2.71 bits per heavy atom. The number of nitrogens with zero attached hydrogens (tertiary/aromatic N) is 4. The van der Waals surface area contributed by atoms with E-state index in [1.807, 2.05) is 18.2 Å². The van der Waals surface area contributed by atoms with E-state index in [4.69, 9.17) is 15.2 Å². The Labute approximate surface area is 265 Å². The van der Waals surface area contributed by atoms with Crippen molar-refractivity contribution < 1.29 is 31.5 Å². The first-order chi connectivity index (χ1) is 21.4. The Kier molecular flexibility index (Phi) is 8.40. The van der Waals surface area contributed by atoms with Gasteiger partial charge in [0.05, 0.1) is 43.7 Å².